The van der Waals surface area contributed by atoms with Crippen LogP contribution in [0.25, 0.3) is 33.6 Å². The van der Waals surface area contributed by atoms with Gasteiger partial charge in [0.1, 0.15) is 23.7 Å². The molecular formula is C21H16O5. The summed E-state index contributed by atoms with van der Waals surface area (Å²) in [6, 6.07) is 17.6. The lowest BCUT2D eigenvalue weighted by Gasteiger charge is -2.09. The first-order valence-electron chi connectivity index (χ1n) is 8.11. The third kappa shape index (κ3) is 2.68. The normalized spacial score (nSPS) is 11.0. The Bertz CT molecular complexity index is 1120. The van der Waals surface area contributed by atoms with Gasteiger partial charge in [-0.1, -0.05) is 24.3 Å². The highest BCUT2D eigenvalue weighted by Gasteiger charge is 2.20. The highest BCUT2D eigenvalue weighted by molar-refractivity contribution is 5.88. The lowest BCUT2D eigenvalue weighted by Crippen LogP contribution is -2.07. The van der Waals surface area contributed by atoms with Crippen molar-refractivity contribution in [2.24, 2.45) is 0 Å². The van der Waals surface area contributed by atoms with Crippen molar-refractivity contribution >= 4 is 11.0 Å². The van der Waals surface area contributed by atoms with Crippen LogP contribution in [-0.2, 0) is 6.61 Å². The fourth-order valence-corrected chi connectivity index (χ4v) is 2.92. The largest absolute Gasteiger partial charge is 0.497 e. The molecule has 2 aromatic heterocycles. The minimum Gasteiger partial charge on any atom is -0.497 e. The van der Waals surface area contributed by atoms with Crippen LogP contribution in [-0.4, -0.2) is 12.2 Å². The van der Waals surface area contributed by atoms with E-state index in [-0.39, 0.29) is 12.0 Å². The molecule has 0 saturated carbocycles. The molecule has 0 bridgehead atoms. The molecule has 0 unspecified atom stereocenters. The number of ether oxygens (including phenoxy) is 1. The Hall–Kier alpha value is -3.31. The van der Waals surface area contributed by atoms with Crippen molar-refractivity contribution in [3.63, 3.8) is 0 Å². The second kappa shape index (κ2) is 6.54. The number of benzene rings is 2. The maximum Gasteiger partial charge on any atom is 0.201 e. The maximum atomic E-state index is 13.2. The molecule has 0 aliphatic heterocycles. The molecule has 0 aliphatic carbocycles. The predicted molar refractivity (Wildman–Crippen MR) is 98.1 cm³/mol. The third-order valence-corrected chi connectivity index (χ3v) is 4.22. The molecule has 2 aromatic carbocycles. The van der Waals surface area contributed by atoms with Crippen LogP contribution >= 0.6 is 0 Å². The maximum absolute atomic E-state index is 13.2. The van der Waals surface area contributed by atoms with Gasteiger partial charge in [-0.05, 0) is 42.0 Å². The monoisotopic (exact) mass is 348 g/mol. The first-order chi connectivity index (χ1) is 12.7. The summed E-state index contributed by atoms with van der Waals surface area (Å²) in [4.78, 5) is 13.2. The lowest BCUT2D eigenvalue weighted by molar-refractivity contribution is 0.248. The van der Waals surface area contributed by atoms with E-state index in [0.29, 0.717) is 45.1 Å². The molecule has 26 heavy (non-hydrogen) atoms. The highest BCUT2D eigenvalue weighted by atomic mass is 16.5. The van der Waals surface area contributed by atoms with Crippen LogP contribution in [0.1, 0.15) is 5.76 Å². The second-order valence-electron chi connectivity index (χ2n) is 5.78. The summed E-state index contributed by atoms with van der Waals surface area (Å²) in [5.41, 5.74) is 1.44. The smallest absolute Gasteiger partial charge is 0.201 e. The summed E-state index contributed by atoms with van der Waals surface area (Å²) >= 11 is 0. The summed E-state index contributed by atoms with van der Waals surface area (Å²) in [6.07, 6.45) is 0. The van der Waals surface area contributed by atoms with E-state index in [1.54, 1.807) is 61.7 Å². The van der Waals surface area contributed by atoms with Gasteiger partial charge in [-0.2, -0.15) is 0 Å². The zero-order valence-electron chi connectivity index (χ0n) is 14.1. The van der Waals surface area contributed by atoms with Crippen LogP contribution in [0.3, 0.4) is 0 Å². The van der Waals surface area contributed by atoms with E-state index in [2.05, 4.69) is 0 Å². The Morgan fingerprint density at radius 1 is 0.962 bits per heavy atom. The summed E-state index contributed by atoms with van der Waals surface area (Å²) in [5.74, 6) is 1.82. The van der Waals surface area contributed by atoms with Crippen LogP contribution < -0.4 is 10.2 Å². The standard InChI is InChI=1S/C21H16O5/c1-24-14-8-6-13(7-9-14)19-20(23)16-4-2-3-5-17(16)26-21(19)18-11-10-15(12-22)25-18/h2-11,22H,12H2,1H3. The Morgan fingerprint density at radius 3 is 2.42 bits per heavy atom. The number of aliphatic hydroxyl groups excluding tert-OH is 1. The van der Waals surface area contributed by atoms with Crippen molar-refractivity contribution in [2.45, 2.75) is 6.61 Å². The van der Waals surface area contributed by atoms with E-state index in [4.69, 9.17) is 13.6 Å². The molecule has 0 saturated heterocycles. The van der Waals surface area contributed by atoms with Crippen molar-refractivity contribution in [1.82, 2.24) is 0 Å². The van der Waals surface area contributed by atoms with Crippen LogP contribution in [0.4, 0.5) is 0 Å². The van der Waals surface area contributed by atoms with Crippen LogP contribution in [0.5, 0.6) is 5.75 Å². The molecule has 2 heterocycles. The number of furan rings is 1. The van der Waals surface area contributed by atoms with E-state index in [0.717, 1.165) is 0 Å². The Morgan fingerprint density at radius 2 is 1.73 bits per heavy atom. The number of hydrogen-bond donors (Lipinski definition) is 1. The van der Waals surface area contributed by atoms with Crippen LogP contribution in [0, 0.1) is 0 Å². The molecule has 0 amide bonds. The third-order valence-electron chi connectivity index (χ3n) is 4.22. The molecule has 5 heteroatoms. The van der Waals surface area contributed by atoms with Gasteiger partial charge in [0.05, 0.1) is 18.1 Å². The van der Waals surface area contributed by atoms with Crippen molar-refractivity contribution in [1.29, 1.82) is 0 Å². The van der Waals surface area contributed by atoms with Crippen molar-refractivity contribution < 1.29 is 18.7 Å². The van der Waals surface area contributed by atoms with Gasteiger partial charge in [0, 0.05) is 0 Å². The summed E-state index contributed by atoms with van der Waals surface area (Å²) in [5, 5.41) is 9.76. The van der Waals surface area contributed by atoms with E-state index in [1.165, 1.54) is 0 Å². The molecule has 4 aromatic rings. The summed E-state index contributed by atoms with van der Waals surface area (Å²) in [7, 11) is 1.59. The van der Waals surface area contributed by atoms with E-state index in [9.17, 15) is 9.90 Å². The number of hydrogen-bond acceptors (Lipinski definition) is 5. The average molecular weight is 348 g/mol. The van der Waals surface area contributed by atoms with E-state index in [1.807, 2.05) is 6.07 Å². The number of para-hydroxylation sites is 1. The molecular weight excluding hydrogens is 332 g/mol. The molecule has 0 fully saturated rings. The minimum absolute atomic E-state index is 0.144. The Kier molecular flexibility index (Phi) is 4.07. The number of methoxy groups -OCH3 is 1. The minimum atomic E-state index is -0.227. The topological polar surface area (TPSA) is 72.8 Å². The number of fused-ring (bicyclic) bond motifs is 1. The van der Waals surface area contributed by atoms with Gasteiger partial charge in [-0.25, -0.2) is 0 Å². The molecule has 130 valence electrons. The van der Waals surface area contributed by atoms with Crippen molar-refractivity contribution in [3.8, 4) is 28.4 Å². The van der Waals surface area contributed by atoms with Gasteiger partial charge in [-0.15, -0.1) is 0 Å². The number of rotatable bonds is 4. The van der Waals surface area contributed by atoms with Gasteiger partial charge < -0.3 is 18.7 Å². The fourth-order valence-electron chi connectivity index (χ4n) is 2.92. The molecule has 4 rings (SSSR count). The fraction of sp³-hybridized carbons (Fsp3) is 0.0952. The molecule has 0 spiro atoms. The zero-order valence-corrected chi connectivity index (χ0v) is 14.1. The average Bonchev–Trinajstić information content (AvgIpc) is 3.17. The van der Waals surface area contributed by atoms with Crippen molar-refractivity contribution in [2.75, 3.05) is 7.11 Å². The second-order valence-corrected chi connectivity index (χ2v) is 5.78. The molecule has 0 radical (unpaired) electrons. The highest BCUT2D eigenvalue weighted by Crippen LogP contribution is 2.34. The van der Waals surface area contributed by atoms with Crippen LogP contribution in [0.2, 0.25) is 0 Å². The first kappa shape index (κ1) is 16.2. The quantitative estimate of drug-likeness (QED) is 0.598. The molecule has 0 aliphatic rings. The Labute approximate surface area is 149 Å². The lowest BCUT2D eigenvalue weighted by atomic mass is 10.0. The Balaban J connectivity index is 2.03. The predicted octanol–water partition coefficient (Wildman–Crippen LogP) is 4.22. The molecule has 0 atom stereocenters. The van der Waals surface area contributed by atoms with E-state index < -0.39 is 0 Å². The first-order valence-corrected chi connectivity index (χ1v) is 8.11. The molecule has 5 nitrogen and oxygen atoms in total. The number of aliphatic hydroxyl groups is 1. The molecule has 1 N–H and O–H groups in total. The van der Waals surface area contributed by atoms with Gasteiger partial charge in [0.15, 0.2) is 11.5 Å². The summed E-state index contributed by atoms with van der Waals surface area (Å²) < 4.78 is 16.8. The zero-order chi connectivity index (χ0) is 18.1. The van der Waals surface area contributed by atoms with E-state index >= 15 is 0 Å². The SMILES string of the molecule is COc1ccc(-c2c(-c3ccc(CO)o3)oc3ccccc3c2=O)cc1. The van der Waals surface area contributed by atoms with Crippen LogP contribution in [0.15, 0.2) is 74.3 Å². The van der Waals surface area contributed by atoms with Gasteiger partial charge >= 0.3 is 0 Å². The van der Waals surface area contributed by atoms with Gasteiger partial charge in [0.2, 0.25) is 5.43 Å². The van der Waals surface area contributed by atoms with Gasteiger partial charge in [0.25, 0.3) is 0 Å². The summed E-state index contributed by atoms with van der Waals surface area (Å²) in [6.45, 7) is -0.227. The van der Waals surface area contributed by atoms with Gasteiger partial charge in [-0.3, -0.25) is 4.79 Å². The van der Waals surface area contributed by atoms with Crippen molar-refractivity contribution in [3.05, 3.63) is 76.6 Å².